The summed E-state index contributed by atoms with van der Waals surface area (Å²) >= 11 is 0. The molecule has 1 aliphatic heterocycles. The van der Waals surface area contributed by atoms with Crippen LogP contribution in [0.5, 0.6) is 0 Å². The second kappa shape index (κ2) is 7.39. The van der Waals surface area contributed by atoms with Crippen LogP contribution in [0.15, 0.2) is 47.3 Å². The predicted molar refractivity (Wildman–Crippen MR) is 109 cm³/mol. The molecule has 1 N–H and O–H groups in total. The van der Waals surface area contributed by atoms with Gasteiger partial charge in [0.15, 0.2) is 0 Å². The fraction of sp³-hybridized carbons (Fsp3) is 0.381. The van der Waals surface area contributed by atoms with Gasteiger partial charge in [-0.15, -0.1) is 0 Å². The van der Waals surface area contributed by atoms with Gasteiger partial charge in [-0.2, -0.15) is 5.10 Å². The minimum absolute atomic E-state index is 0.0822. The van der Waals surface area contributed by atoms with Crippen LogP contribution in [0.1, 0.15) is 24.8 Å². The molecule has 0 bridgehead atoms. The van der Waals surface area contributed by atoms with Crippen LogP contribution in [0.3, 0.4) is 0 Å². The standard InChI is InChI=1S/C21H25N5O/c1-15-13-19(23-18-9-4-3-8-17(15)18)22-14-16-7-5-6-12-26(16)20-10-11-21(27)25(2)24-20/h3-4,8-11,13,16H,5-7,12,14H2,1-2H3,(H,22,23). The highest BCUT2D eigenvalue weighted by Gasteiger charge is 2.24. The predicted octanol–water partition coefficient (Wildman–Crippen LogP) is 3.11. The van der Waals surface area contributed by atoms with Crippen molar-refractivity contribution < 1.29 is 0 Å². The average Bonchev–Trinajstić information content (AvgIpc) is 2.69. The van der Waals surface area contributed by atoms with Crippen molar-refractivity contribution >= 4 is 22.5 Å². The van der Waals surface area contributed by atoms with Crippen LogP contribution < -0.4 is 15.8 Å². The molecular weight excluding hydrogens is 338 g/mol. The van der Waals surface area contributed by atoms with Crippen LogP contribution in [0.4, 0.5) is 11.6 Å². The first-order valence-corrected chi connectivity index (χ1v) is 9.53. The van der Waals surface area contributed by atoms with Gasteiger partial charge in [0, 0.05) is 37.6 Å². The topological polar surface area (TPSA) is 63.1 Å². The van der Waals surface area contributed by atoms with E-state index in [2.05, 4.69) is 40.4 Å². The van der Waals surface area contributed by atoms with E-state index in [-0.39, 0.29) is 5.56 Å². The van der Waals surface area contributed by atoms with Crippen LogP contribution in [0.2, 0.25) is 0 Å². The van der Waals surface area contributed by atoms with Crippen molar-refractivity contribution in [1.29, 1.82) is 0 Å². The molecule has 6 nitrogen and oxygen atoms in total. The third-order valence-corrected chi connectivity index (χ3v) is 5.31. The molecule has 0 saturated carbocycles. The first-order chi connectivity index (χ1) is 13.1. The molecule has 2 aromatic heterocycles. The highest BCUT2D eigenvalue weighted by molar-refractivity contribution is 5.83. The van der Waals surface area contributed by atoms with E-state index in [0.29, 0.717) is 6.04 Å². The van der Waals surface area contributed by atoms with Crippen LogP contribution in [0, 0.1) is 6.92 Å². The van der Waals surface area contributed by atoms with Crippen molar-refractivity contribution in [3.8, 4) is 0 Å². The van der Waals surface area contributed by atoms with Gasteiger partial charge in [-0.25, -0.2) is 9.67 Å². The summed E-state index contributed by atoms with van der Waals surface area (Å²) in [6.45, 7) is 3.88. The number of aromatic nitrogens is 3. The van der Waals surface area contributed by atoms with Gasteiger partial charge >= 0.3 is 0 Å². The first kappa shape index (κ1) is 17.5. The summed E-state index contributed by atoms with van der Waals surface area (Å²) in [5.41, 5.74) is 2.16. The summed E-state index contributed by atoms with van der Waals surface area (Å²) < 4.78 is 1.41. The smallest absolute Gasteiger partial charge is 0.266 e. The maximum atomic E-state index is 11.6. The highest BCUT2D eigenvalue weighted by Crippen LogP contribution is 2.24. The van der Waals surface area contributed by atoms with E-state index < -0.39 is 0 Å². The zero-order valence-corrected chi connectivity index (χ0v) is 15.9. The molecule has 1 aromatic carbocycles. The zero-order valence-electron chi connectivity index (χ0n) is 15.9. The minimum atomic E-state index is -0.0822. The number of aryl methyl sites for hydroxylation is 2. The molecule has 1 unspecified atom stereocenters. The normalized spacial score (nSPS) is 17.3. The maximum Gasteiger partial charge on any atom is 0.266 e. The summed E-state index contributed by atoms with van der Waals surface area (Å²) in [6, 6.07) is 14.1. The molecule has 1 fully saturated rings. The van der Waals surface area contributed by atoms with Gasteiger partial charge < -0.3 is 10.2 Å². The van der Waals surface area contributed by atoms with Gasteiger partial charge in [0.05, 0.1) is 5.52 Å². The average molecular weight is 363 g/mol. The summed E-state index contributed by atoms with van der Waals surface area (Å²) in [5, 5.41) is 9.16. The second-order valence-corrected chi connectivity index (χ2v) is 7.22. The van der Waals surface area contributed by atoms with Gasteiger partial charge in [0.25, 0.3) is 5.56 Å². The Hall–Kier alpha value is -2.89. The molecule has 1 atom stereocenters. The monoisotopic (exact) mass is 363 g/mol. The number of fused-ring (bicyclic) bond motifs is 1. The summed E-state index contributed by atoms with van der Waals surface area (Å²) in [4.78, 5) is 18.7. The first-order valence-electron chi connectivity index (χ1n) is 9.53. The SMILES string of the molecule is Cc1cc(NCC2CCCCN2c2ccc(=O)n(C)n2)nc2ccccc12. The fourth-order valence-electron chi connectivity index (χ4n) is 3.82. The quantitative estimate of drug-likeness (QED) is 0.772. The van der Waals surface area contributed by atoms with E-state index in [9.17, 15) is 4.79 Å². The number of benzene rings is 1. The maximum absolute atomic E-state index is 11.6. The van der Waals surface area contributed by atoms with Gasteiger partial charge in [-0.05, 0) is 49.9 Å². The molecule has 3 aromatic rings. The number of piperidine rings is 1. The molecule has 1 aliphatic rings. The minimum Gasteiger partial charge on any atom is -0.368 e. The lowest BCUT2D eigenvalue weighted by Gasteiger charge is -2.36. The Morgan fingerprint density at radius 1 is 1.19 bits per heavy atom. The third kappa shape index (κ3) is 3.65. The van der Waals surface area contributed by atoms with Gasteiger partial charge in [0.1, 0.15) is 11.6 Å². The van der Waals surface area contributed by atoms with Crippen molar-refractivity contribution in [2.75, 3.05) is 23.3 Å². The van der Waals surface area contributed by atoms with E-state index in [1.54, 1.807) is 13.1 Å². The molecule has 6 heteroatoms. The molecular formula is C21H25N5O. The summed E-state index contributed by atoms with van der Waals surface area (Å²) in [6.07, 6.45) is 3.46. The lowest BCUT2D eigenvalue weighted by Crippen LogP contribution is -2.45. The van der Waals surface area contributed by atoms with Gasteiger partial charge in [-0.1, -0.05) is 18.2 Å². The van der Waals surface area contributed by atoms with Crippen LogP contribution in [0.25, 0.3) is 10.9 Å². The van der Waals surface area contributed by atoms with Crippen molar-refractivity contribution in [2.24, 2.45) is 7.05 Å². The highest BCUT2D eigenvalue weighted by atomic mass is 16.1. The molecule has 1 saturated heterocycles. The van der Waals surface area contributed by atoms with Crippen LogP contribution in [-0.2, 0) is 7.05 Å². The Kier molecular flexibility index (Phi) is 4.79. The van der Waals surface area contributed by atoms with E-state index in [1.807, 2.05) is 18.2 Å². The van der Waals surface area contributed by atoms with Crippen molar-refractivity contribution in [2.45, 2.75) is 32.2 Å². The Bertz CT molecular complexity index is 1010. The molecule has 4 rings (SSSR count). The molecule has 0 amide bonds. The number of nitrogens with one attached hydrogen (secondary N) is 1. The van der Waals surface area contributed by atoms with E-state index in [0.717, 1.165) is 43.1 Å². The lowest BCUT2D eigenvalue weighted by molar-refractivity contribution is 0.464. The van der Waals surface area contributed by atoms with E-state index >= 15 is 0 Å². The second-order valence-electron chi connectivity index (χ2n) is 7.22. The molecule has 140 valence electrons. The molecule has 3 heterocycles. The Morgan fingerprint density at radius 3 is 2.89 bits per heavy atom. The number of anilines is 2. The molecule has 0 spiro atoms. The molecule has 0 radical (unpaired) electrons. The van der Waals surface area contributed by atoms with E-state index in [1.165, 1.54) is 22.1 Å². The molecule has 27 heavy (non-hydrogen) atoms. The van der Waals surface area contributed by atoms with E-state index in [4.69, 9.17) is 4.98 Å². The zero-order chi connectivity index (χ0) is 18.8. The van der Waals surface area contributed by atoms with Crippen molar-refractivity contribution in [3.63, 3.8) is 0 Å². The lowest BCUT2D eigenvalue weighted by atomic mass is 10.0. The number of pyridine rings is 1. The van der Waals surface area contributed by atoms with Crippen LogP contribution in [-0.4, -0.2) is 33.9 Å². The molecule has 0 aliphatic carbocycles. The fourth-order valence-corrected chi connectivity index (χ4v) is 3.82. The van der Waals surface area contributed by atoms with Crippen molar-refractivity contribution in [1.82, 2.24) is 14.8 Å². The largest absolute Gasteiger partial charge is 0.368 e. The Labute approximate surface area is 158 Å². The van der Waals surface area contributed by atoms with Gasteiger partial charge in [-0.3, -0.25) is 4.79 Å². The number of hydrogen-bond donors (Lipinski definition) is 1. The third-order valence-electron chi connectivity index (χ3n) is 5.31. The number of para-hydroxylation sites is 1. The van der Waals surface area contributed by atoms with Crippen molar-refractivity contribution in [3.05, 3.63) is 58.4 Å². The van der Waals surface area contributed by atoms with Gasteiger partial charge in [0.2, 0.25) is 0 Å². The number of nitrogens with zero attached hydrogens (tertiary/aromatic N) is 4. The summed E-state index contributed by atoms with van der Waals surface area (Å²) in [5.74, 6) is 1.77. The summed E-state index contributed by atoms with van der Waals surface area (Å²) in [7, 11) is 1.70. The van der Waals surface area contributed by atoms with Crippen LogP contribution >= 0.6 is 0 Å². The number of hydrogen-bond acceptors (Lipinski definition) is 5. The Morgan fingerprint density at radius 2 is 2.04 bits per heavy atom. The Balaban J connectivity index is 1.53. The number of rotatable bonds is 4.